The van der Waals surface area contributed by atoms with Gasteiger partial charge in [0.15, 0.2) is 5.82 Å². The summed E-state index contributed by atoms with van der Waals surface area (Å²) in [6.45, 7) is 4.76. The molecule has 0 radical (unpaired) electrons. The number of ether oxygens (including phenoxy) is 1. The zero-order valence-corrected chi connectivity index (χ0v) is 18.0. The van der Waals surface area contributed by atoms with Gasteiger partial charge < -0.3 is 4.74 Å². The Kier molecular flexibility index (Phi) is 5.33. The minimum atomic E-state index is -0.0270. The van der Waals surface area contributed by atoms with Crippen LogP contribution >= 0.6 is 0 Å². The Morgan fingerprint density at radius 1 is 1.03 bits per heavy atom. The Morgan fingerprint density at radius 3 is 2.53 bits per heavy atom. The van der Waals surface area contributed by atoms with Crippen molar-refractivity contribution in [3.8, 4) is 0 Å². The molecule has 160 valence electrons. The predicted molar refractivity (Wildman–Crippen MR) is 117 cm³/mol. The van der Waals surface area contributed by atoms with E-state index in [-0.39, 0.29) is 5.56 Å². The third-order valence-electron chi connectivity index (χ3n) is 6.78. The normalized spacial score (nSPS) is 19.8. The van der Waals surface area contributed by atoms with Gasteiger partial charge in [-0.15, -0.1) is 10.2 Å². The molecule has 2 aromatic heterocycles. The van der Waals surface area contributed by atoms with Crippen LogP contribution < -0.4 is 5.56 Å². The van der Waals surface area contributed by atoms with Gasteiger partial charge in [0.1, 0.15) is 0 Å². The van der Waals surface area contributed by atoms with E-state index < -0.39 is 0 Å². The molecule has 1 saturated carbocycles. The number of fused-ring (bicyclic) bond motifs is 3. The standard InChI is InChI=1S/C23H31N5O2/c1-16-8-9-20-19(14-16)22(29)26(2)23-25-24-21(28(20)23)15-27-12-10-18(11-13-27)30-17-6-4-3-5-7-17/h8-9,14,17-18H,3-7,10-13,15H2,1-2H3. The fourth-order valence-electron chi connectivity index (χ4n) is 5.04. The Labute approximate surface area is 176 Å². The molecule has 0 N–H and O–H groups in total. The fourth-order valence-corrected chi connectivity index (χ4v) is 5.04. The number of hydrogen-bond donors (Lipinski definition) is 0. The van der Waals surface area contributed by atoms with Gasteiger partial charge in [0.05, 0.1) is 29.7 Å². The molecule has 30 heavy (non-hydrogen) atoms. The van der Waals surface area contributed by atoms with Gasteiger partial charge in [0.25, 0.3) is 5.56 Å². The Balaban J connectivity index is 1.34. The number of aryl methyl sites for hydroxylation is 2. The van der Waals surface area contributed by atoms with Gasteiger partial charge in [0.2, 0.25) is 5.78 Å². The summed E-state index contributed by atoms with van der Waals surface area (Å²) in [5, 5.41) is 9.50. The zero-order valence-electron chi connectivity index (χ0n) is 18.0. The SMILES string of the molecule is Cc1ccc2c(c1)c(=O)n(C)c1nnc(CN3CCC(OC4CCCCC4)CC3)n21. The van der Waals surface area contributed by atoms with Crippen molar-refractivity contribution >= 4 is 16.7 Å². The molecule has 1 aliphatic carbocycles. The van der Waals surface area contributed by atoms with Crippen molar-refractivity contribution in [3.63, 3.8) is 0 Å². The number of piperidine rings is 1. The summed E-state index contributed by atoms with van der Waals surface area (Å²) in [5.74, 6) is 1.49. The first kappa shape index (κ1) is 19.7. The maximum Gasteiger partial charge on any atom is 0.262 e. The molecule has 5 rings (SSSR count). The maximum absolute atomic E-state index is 12.8. The van der Waals surface area contributed by atoms with E-state index in [1.54, 1.807) is 11.6 Å². The highest BCUT2D eigenvalue weighted by Gasteiger charge is 2.25. The smallest absolute Gasteiger partial charge is 0.262 e. The van der Waals surface area contributed by atoms with Gasteiger partial charge >= 0.3 is 0 Å². The molecule has 3 aromatic rings. The molecule has 2 fully saturated rings. The van der Waals surface area contributed by atoms with Crippen LogP contribution in [0, 0.1) is 6.92 Å². The van der Waals surface area contributed by atoms with E-state index in [1.165, 1.54) is 32.1 Å². The molecule has 0 amide bonds. The second kappa shape index (κ2) is 8.12. The van der Waals surface area contributed by atoms with E-state index in [0.29, 0.717) is 23.4 Å². The van der Waals surface area contributed by atoms with Gasteiger partial charge in [-0.25, -0.2) is 0 Å². The number of likely N-dealkylation sites (tertiary alicyclic amines) is 1. The minimum absolute atomic E-state index is 0.0270. The quantitative estimate of drug-likeness (QED) is 0.662. The number of hydrogen-bond acceptors (Lipinski definition) is 5. The first-order valence-corrected chi connectivity index (χ1v) is 11.3. The number of nitrogens with zero attached hydrogens (tertiary/aromatic N) is 5. The second-order valence-corrected chi connectivity index (χ2v) is 9.01. The van der Waals surface area contributed by atoms with Crippen LogP contribution in [0.3, 0.4) is 0 Å². The van der Waals surface area contributed by atoms with Crippen molar-refractivity contribution in [1.82, 2.24) is 24.1 Å². The van der Waals surface area contributed by atoms with Crippen LogP contribution in [0.2, 0.25) is 0 Å². The predicted octanol–water partition coefficient (Wildman–Crippen LogP) is 3.20. The lowest BCUT2D eigenvalue weighted by Crippen LogP contribution is -2.38. The number of benzene rings is 1. The largest absolute Gasteiger partial charge is 0.375 e. The van der Waals surface area contributed by atoms with Crippen molar-refractivity contribution < 1.29 is 4.74 Å². The van der Waals surface area contributed by atoms with Gasteiger partial charge in [-0.1, -0.05) is 30.9 Å². The molecule has 0 spiro atoms. The molecule has 0 unspecified atom stereocenters. The maximum atomic E-state index is 12.8. The summed E-state index contributed by atoms with van der Waals surface area (Å²) in [7, 11) is 1.77. The van der Waals surface area contributed by atoms with Gasteiger partial charge in [-0.2, -0.15) is 0 Å². The van der Waals surface area contributed by atoms with Crippen LogP contribution in [0.15, 0.2) is 23.0 Å². The average Bonchev–Trinajstić information content (AvgIpc) is 3.18. The highest BCUT2D eigenvalue weighted by Crippen LogP contribution is 2.25. The Bertz CT molecular complexity index is 1100. The van der Waals surface area contributed by atoms with Crippen LogP contribution in [0.5, 0.6) is 0 Å². The molecular formula is C23H31N5O2. The average molecular weight is 410 g/mol. The van der Waals surface area contributed by atoms with E-state index in [9.17, 15) is 4.79 Å². The molecule has 7 heteroatoms. The topological polar surface area (TPSA) is 64.7 Å². The first-order chi connectivity index (χ1) is 14.6. The summed E-state index contributed by atoms with van der Waals surface area (Å²) < 4.78 is 10.0. The third-order valence-corrected chi connectivity index (χ3v) is 6.78. The highest BCUT2D eigenvalue weighted by atomic mass is 16.5. The van der Waals surface area contributed by atoms with Crippen molar-refractivity contribution in [2.75, 3.05) is 13.1 Å². The van der Waals surface area contributed by atoms with Crippen molar-refractivity contribution in [1.29, 1.82) is 0 Å². The summed E-state index contributed by atoms with van der Waals surface area (Å²) in [5.41, 5.74) is 1.93. The van der Waals surface area contributed by atoms with Crippen LogP contribution in [0.25, 0.3) is 16.7 Å². The molecule has 1 aliphatic heterocycles. The summed E-state index contributed by atoms with van der Waals surface area (Å²) in [4.78, 5) is 15.2. The lowest BCUT2D eigenvalue weighted by atomic mass is 9.97. The monoisotopic (exact) mass is 409 g/mol. The second-order valence-electron chi connectivity index (χ2n) is 9.01. The summed E-state index contributed by atoms with van der Waals surface area (Å²) in [6, 6.07) is 6.00. The number of aromatic nitrogens is 4. The minimum Gasteiger partial charge on any atom is -0.375 e. The molecular weight excluding hydrogens is 378 g/mol. The highest BCUT2D eigenvalue weighted by molar-refractivity contribution is 5.81. The lowest BCUT2D eigenvalue weighted by Gasteiger charge is -2.34. The van der Waals surface area contributed by atoms with E-state index in [1.807, 2.05) is 29.5 Å². The summed E-state index contributed by atoms with van der Waals surface area (Å²) in [6.07, 6.45) is 9.49. The van der Waals surface area contributed by atoms with Crippen molar-refractivity contribution in [2.45, 2.75) is 70.6 Å². The molecule has 1 saturated heterocycles. The molecule has 7 nitrogen and oxygen atoms in total. The van der Waals surface area contributed by atoms with Crippen LogP contribution in [-0.2, 0) is 18.3 Å². The third kappa shape index (κ3) is 3.65. The van der Waals surface area contributed by atoms with Crippen LogP contribution in [0.1, 0.15) is 56.3 Å². The molecule has 2 aliphatic rings. The van der Waals surface area contributed by atoms with E-state index in [0.717, 1.165) is 49.4 Å². The molecule has 3 heterocycles. The van der Waals surface area contributed by atoms with Crippen LogP contribution in [-0.4, -0.2) is 49.4 Å². The number of rotatable bonds is 4. The van der Waals surface area contributed by atoms with Gasteiger partial charge in [0, 0.05) is 20.1 Å². The Hall–Kier alpha value is -2.25. The summed E-state index contributed by atoms with van der Waals surface area (Å²) >= 11 is 0. The lowest BCUT2D eigenvalue weighted by molar-refractivity contribution is -0.0568. The molecule has 0 atom stereocenters. The van der Waals surface area contributed by atoms with Crippen molar-refractivity contribution in [2.24, 2.45) is 7.05 Å². The van der Waals surface area contributed by atoms with Gasteiger partial charge in [-0.05, 0) is 44.7 Å². The Morgan fingerprint density at radius 2 is 1.77 bits per heavy atom. The first-order valence-electron chi connectivity index (χ1n) is 11.3. The molecule has 1 aromatic carbocycles. The van der Waals surface area contributed by atoms with Crippen molar-refractivity contribution in [3.05, 3.63) is 39.9 Å². The van der Waals surface area contributed by atoms with E-state index >= 15 is 0 Å². The zero-order chi connectivity index (χ0) is 20.7. The fraction of sp³-hybridized carbons (Fsp3) is 0.609. The van der Waals surface area contributed by atoms with Gasteiger partial charge in [-0.3, -0.25) is 18.7 Å². The van der Waals surface area contributed by atoms with E-state index in [2.05, 4.69) is 15.1 Å². The molecule has 0 bridgehead atoms. The van der Waals surface area contributed by atoms with Crippen LogP contribution in [0.4, 0.5) is 0 Å². The van der Waals surface area contributed by atoms with E-state index in [4.69, 9.17) is 4.74 Å².